The minimum absolute atomic E-state index is 0.0126. The average Bonchev–Trinajstić information content (AvgIpc) is 2.55. The number of nitrogens with zero attached hydrogens (tertiary/aromatic N) is 1. The van der Waals surface area contributed by atoms with E-state index in [9.17, 15) is 4.79 Å². The monoisotopic (exact) mass is 203 g/mol. The van der Waals surface area contributed by atoms with E-state index >= 15 is 0 Å². The lowest BCUT2D eigenvalue weighted by molar-refractivity contribution is -0.122. The first-order valence-corrected chi connectivity index (χ1v) is 5.05. The predicted molar refractivity (Wildman–Crippen MR) is 52.8 cm³/mol. The molecule has 1 amide bonds. The van der Waals surface area contributed by atoms with E-state index in [1.54, 1.807) is 11.8 Å². The van der Waals surface area contributed by atoms with E-state index in [1.165, 1.54) is 0 Å². The van der Waals surface area contributed by atoms with Gasteiger partial charge in [0.05, 0.1) is 13.2 Å². The third-order valence-corrected chi connectivity index (χ3v) is 2.29. The number of amides is 1. The van der Waals surface area contributed by atoms with Crippen LogP contribution in [0.2, 0.25) is 0 Å². The molecule has 1 heterocycles. The summed E-state index contributed by atoms with van der Waals surface area (Å²) in [6.07, 6.45) is 0. The van der Waals surface area contributed by atoms with Crippen LogP contribution in [0.25, 0.3) is 0 Å². The number of nitrogens with two attached hydrogens (primary N) is 1. The number of hydrogen-bond donors (Lipinski definition) is 2. The maximum absolute atomic E-state index is 10.3. The third kappa shape index (κ3) is 4.74. The van der Waals surface area contributed by atoms with Gasteiger partial charge in [-0.1, -0.05) is 11.8 Å². The molecule has 3 N–H and O–H groups in total. The van der Waals surface area contributed by atoms with E-state index in [-0.39, 0.29) is 6.61 Å². The molecule has 5 nitrogen and oxygen atoms in total. The molecule has 0 atom stereocenters. The quantitative estimate of drug-likeness (QED) is 0.572. The Labute approximate surface area is 81.1 Å². The lowest BCUT2D eigenvalue weighted by atomic mass is 10.6. The highest BCUT2D eigenvalue weighted by Gasteiger charge is 2.04. The maximum atomic E-state index is 10.3. The van der Waals surface area contributed by atoms with Crippen molar-refractivity contribution in [1.29, 1.82) is 0 Å². The first kappa shape index (κ1) is 10.3. The summed E-state index contributed by atoms with van der Waals surface area (Å²) in [6, 6.07) is 0. The number of ether oxygens (including phenoxy) is 1. The van der Waals surface area contributed by atoms with Gasteiger partial charge in [0.1, 0.15) is 6.61 Å². The normalized spacial score (nSPS) is 15.5. The zero-order valence-corrected chi connectivity index (χ0v) is 8.10. The summed E-state index contributed by atoms with van der Waals surface area (Å²) in [7, 11) is 0. The Balaban J connectivity index is 1.92. The fourth-order valence-electron chi connectivity index (χ4n) is 0.845. The molecule has 0 aromatic carbocycles. The van der Waals surface area contributed by atoms with Crippen LogP contribution in [-0.2, 0) is 9.53 Å². The van der Waals surface area contributed by atoms with Gasteiger partial charge >= 0.3 is 0 Å². The SMILES string of the molecule is NC(=O)COCCNC1=NCCS1. The molecule has 0 spiro atoms. The zero-order valence-electron chi connectivity index (χ0n) is 7.28. The van der Waals surface area contributed by atoms with Crippen LogP contribution in [0, 0.1) is 0 Å². The maximum Gasteiger partial charge on any atom is 0.243 e. The molecular weight excluding hydrogens is 190 g/mol. The van der Waals surface area contributed by atoms with E-state index in [0.717, 1.165) is 17.5 Å². The fourth-order valence-corrected chi connectivity index (χ4v) is 1.61. The minimum atomic E-state index is -0.437. The Morgan fingerprint density at radius 3 is 3.23 bits per heavy atom. The van der Waals surface area contributed by atoms with Crippen molar-refractivity contribution in [2.45, 2.75) is 0 Å². The number of aliphatic imine (C=N–C) groups is 1. The highest BCUT2D eigenvalue weighted by Crippen LogP contribution is 2.08. The number of carbonyl (C=O) groups is 1. The molecule has 74 valence electrons. The Morgan fingerprint density at radius 1 is 1.77 bits per heavy atom. The second-order valence-corrected chi connectivity index (χ2v) is 3.56. The smallest absolute Gasteiger partial charge is 0.243 e. The van der Waals surface area contributed by atoms with Crippen LogP contribution in [-0.4, -0.2) is 43.1 Å². The van der Waals surface area contributed by atoms with E-state index < -0.39 is 5.91 Å². The second-order valence-electron chi connectivity index (χ2n) is 2.48. The van der Waals surface area contributed by atoms with Gasteiger partial charge in [0.25, 0.3) is 0 Å². The average molecular weight is 203 g/mol. The Kier molecular flexibility index (Phi) is 4.63. The number of hydrogen-bond acceptors (Lipinski definition) is 5. The van der Waals surface area contributed by atoms with Crippen molar-refractivity contribution in [3.63, 3.8) is 0 Å². The van der Waals surface area contributed by atoms with Gasteiger partial charge < -0.3 is 15.8 Å². The lowest BCUT2D eigenvalue weighted by Gasteiger charge is -2.04. The molecule has 13 heavy (non-hydrogen) atoms. The lowest BCUT2D eigenvalue weighted by Crippen LogP contribution is -2.26. The number of rotatable bonds is 5. The molecule has 0 aliphatic carbocycles. The number of primary amides is 1. The molecule has 1 rings (SSSR count). The van der Waals surface area contributed by atoms with Crippen molar-refractivity contribution in [2.24, 2.45) is 10.7 Å². The van der Waals surface area contributed by atoms with E-state index in [4.69, 9.17) is 10.5 Å². The summed E-state index contributed by atoms with van der Waals surface area (Å²) in [5.41, 5.74) is 4.88. The van der Waals surface area contributed by atoms with Crippen LogP contribution in [0.5, 0.6) is 0 Å². The van der Waals surface area contributed by atoms with Gasteiger partial charge in [-0.2, -0.15) is 0 Å². The first-order valence-electron chi connectivity index (χ1n) is 4.06. The minimum Gasteiger partial charge on any atom is -0.370 e. The van der Waals surface area contributed by atoms with Crippen LogP contribution < -0.4 is 11.1 Å². The number of amidine groups is 1. The molecule has 0 aromatic rings. The van der Waals surface area contributed by atoms with Gasteiger partial charge in [0, 0.05) is 12.3 Å². The Hall–Kier alpha value is -0.750. The van der Waals surface area contributed by atoms with Crippen molar-refractivity contribution in [3.8, 4) is 0 Å². The van der Waals surface area contributed by atoms with Gasteiger partial charge in [-0.05, 0) is 0 Å². The Bertz CT molecular complexity index is 208. The van der Waals surface area contributed by atoms with Crippen molar-refractivity contribution in [3.05, 3.63) is 0 Å². The van der Waals surface area contributed by atoms with Crippen LogP contribution in [0.15, 0.2) is 4.99 Å². The van der Waals surface area contributed by atoms with E-state index in [0.29, 0.717) is 13.2 Å². The largest absolute Gasteiger partial charge is 0.370 e. The summed E-state index contributed by atoms with van der Waals surface area (Å²) in [6.45, 7) is 2.01. The highest BCUT2D eigenvalue weighted by molar-refractivity contribution is 8.14. The van der Waals surface area contributed by atoms with Crippen molar-refractivity contribution < 1.29 is 9.53 Å². The summed E-state index contributed by atoms with van der Waals surface area (Å²) in [5.74, 6) is 0.609. The molecule has 0 radical (unpaired) electrons. The molecule has 0 aromatic heterocycles. The molecule has 0 bridgehead atoms. The van der Waals surface area contributed by atoms with Crippen LogP contribution >= 0.6 is 11.8 Å². The fraction of sp³-hybridized carbons (Fsp3) is 0.714. The molecule has 0 saturated carbocycles. The predicted octanol–water partition coefficient (Wildman–Crippen LogP) is -0.819. The number of nitrogens with one attached hydrogen (secondary N) is 1. The summed E-state index contributed by atoms with van der Waals surface area (Å²) in [5, 5.41) is 4.05. The van der Waals surface area contributed by atoms with Gasteiger partial charge in [-0.3, -0.25) is 9.79 Å². The summed E-state index contributed by atoms with van der Waals surface area (Å²) < 4.78 is 4.95. The van der Waals surface area contributed by atoms with E-state index in [1.807, 2.05) is 0 Å². The van der Waals surface area contributed by atoms with Crippen LogP contribution in [0.4, 0.5) is 0 Å². The first-order chi connectivity index (χ1) is 6.29. The molecule has 1 aliphatic heterocycles. The molecule has 1 aliphatic rings. The van der Waals surface area contributed by atoms with Gasteiger partial charge in [-0.15, -0.1) is 0 Å². The molecule has 0 unspecified atom stereocenters. The highest BCUT2D eigenvalue weighted by atomic mass is 32.2. The number of thioether (sulfide) groups is 1. The number of carbonyl (C=O) groups excluding carboxylic acids is 1. The molecule has 0 fully saturated rings. The summed E-state index contributed by atoms with van der Waals surface area (Å²) >= 11 is 1.70. The van der Waals surface area contributed by atoms with Crippen LogP contribution in [0.1, 0.15) is 0 Å². The third-order valence-electron chi connectivity index (χ3n) is 1.35. The summed E-state index contributed by atoms with van der Waals surface area (Å²) in [4.78, 5) is 14.5. The van der Waals surface area contributed by atoms with Gasteiger partial charge in [0.2, 0.25) is 5.91 Å². The topological polar surface area (TPSA) is 76.7 Å². The van der Waals surface area contributed by atoms with Gasteiger partial charge in [0.15, 0.2) is 5.17 Å². The standard InChI is InChI=1S/C7H13N3O2S/c8-6(11)5-12-3-1-9-7-10-2-4-13-7/h1-5H2,(H2,8,11)(H,9,10). The molecule has 6 heteroatoms. The molecule has 0 saturated heterocycles. The van der Waals surface area contributed by atoms with Gasteiger partial charge in [-0.25, -0.2) is 0 Å². The van der Waals surface area contributed by atoms with Crippen LogP contribution in [0.3, 0.4) is 0 Å². The molecular formula is C7H13N3O2S. The van der Waals surface area contributed by atoms with E-state index in [2.05, 4.69) is 10.3 Å². The van der Waals surface area contributed by atoms with Crippen molar-refractivity contribution >= 4 is 22.8 Å². The van der Waals surface area contributed by atoms with Crippen molar-refractivity contribution in [1.82, 2.24) is 5.32 Å². The Morgan fingerprint density at radius 2 is 2.62 bits per heavy atom. The van der Waals surface area contributed by atoms with Crippen molar-refractivity contribution in [2.75, 3.05) is 32.1 Å². The zero-order chi connectivity index (χ0) is 9.52. The second kappa shape index (κ2) is 5.82.